The van der Waals surface area contributed by atoms with Crippen molar-refractivity contribution in [2.45, 2.75) is 18.6 Å². The number of carbonyl (C=O) groups is 2. The number of nitrogens with one attached hydrogen (secondary N) is 2. The van der Waals surface area contributed by atoms with E-state index in [1.807, 2.05) is 72.8 Å². The van der Waals surface area contributed by atoms with Crippen LogP contribution in [0, 0.1) is 0 Å². The highest BCUT2D eigenvalue weighted by Crippen LogP contribution is 2.14. The molecule has 4 nitrogen and oxygen atoms in total. The number of hydrogen-bond acceptors (Lipinski definition) is 3. The summed E-state index contributed by atoms with van der Waals surface area (Å²) in [6.07, 6.45) is 1.91. The van der Waals surface area contributed by atoms with E-state index in [0.29, 0.717) is 17.9 Å². The van der Waals surface area contributed by atoms with Gasteiger partial charge in [-0.15, -0.1) is 11.8 Å². The van der Waals surface area contributed by atoms with Crippen LogP contribution in [0.5, 0.6) is 0 Å². The van der Waals surface area contributed by atoms with Gasteiger partial charge in [0, 0.05) is 23.5 Å². The first-order valence-electron chi connectivity index (χ1n) is 10.0. The van der Waals surface area contributed by atoms with Crippen LogP contribution in [0.15, 0.2) is 84.9 Å². The van der Waals surface area contributed by atoms with Crippen molar-refractivity contribution in [3.05, 3.63) is 102 Å². The number of thioether (sulfide) groups is 1. The Bertz CT molecular complexity index is 928. The monoisotopic (exact) mass is 418 g/mol. The lowest BCUT2D eigenvalue weighted by atomic mass is 10.1. The summed E-state index contributed by atoms with van der Waals surface area (Å²) in [5.74, 6) is 1.10. The third kappa shape index (κ3) is 7.41. The van der Waals surface area contributed by atoms with E-state index in [1.54, 1.807) is 11.8 Å². The number of rotatable bonds is 10. The topological polar surface area (TPSA) is 58.2 Å². The molecule has 154 valence electrons. The molecule has 5 heteroatoms. The SMILES string of the molecule is O=C(CSCc1ccc(C(=O)Nc2ccccc2)cc1)NCCCc1ccccc1. The Morgan fingerprint density at radius 2 is 1.43 bits per heavy atom. The van der Waals surface area contributed by atoms with Crippen molar-refractivity contribution in [2.24, 2.45) is 0 Å². The van der Waals surface area contributed by atoms with Gasteiger partial charge in [-0.1, -0.05) is 60.7 Å². The van der Waals surface area contributed by atoms with Gasteiger partial charge in [-0.25, -0.2) is 0 Å². The van der Waals surface area contributed by atoms with Crippen molar-refractivity contribution in [2.75, 3.05) is 17.6 Å². The smallest absolute Gasteiger partial charge is 0.255 e. The lowest BCUT2D eigenvalue weighted by Crippen LogP contribution is -2.26. The molecule has 3 aromatic rings. The number of aryl methyl sites for hydroxylation is 1. The molecule has 0 bridgehead atoms. The molecule has 0 heterocycles. The van der Waals surface area contributed by atoms with Gasteiger partial charge in [0.2, 0.25) is 5.91 Å². The summed E-state index contributed by atoms with van der Waals surface area (Å²) in [4.78, 5) is 24.3. The molecule has 3 aromatic carbocycles. The van der Waals surface area contributed by atoms with Crippen LogP contribution in [0.25, 0.3) is 0 Å². The number of amides is 2. The van der Waals surface area contributed by atoms with E-state index >= 15 is 0 Å². The van der Waals surface area contributed by atoms with Gasteiger partial charge in [-0.05, 0) is 48.2 Å². The summed E-state index contributed by atoms with van der Waals surface area (Å²) in [5, 5.41) is 5.85. The van der Waals surface area contributed by atoms with Crippen LogP contribution in [-0.4, -0.2) is 24.1 Å². The summed E-state index contributed by atoms with van der Waals surface area (Å²) in [6.45, 7) is 0.694. The Morgan fingerprint density at radius 3 is 2.13 bits per heavy atom. The summed E-state index contributed by atoms with van der Waals surface area (Å²) >= 11 is 1.57. The van der Waals surface area contributed by atoms with Crippen molar-refractivity contribution >= 4 is 29.3 Å². The molecule has 0 spiro atoms. The second kappa shape index (κ2) is 11.8. The van der Waals surface area contributed by atoms with Crippen molar-refractivity contribution in [3.8, 4) is 0 Å². The quantitative estimate of drug-likeness (QED) is 0.460. The number of hydrogen-bond donors (Lipinski definition) is 2. The first-order chi connectivity index (χ1) is 14.7. The molecule has 0 radical (unpaired) electrons. The Labute approximate surface area is 182 Å². The van der Waals surface area contributed by atoms with Crippen LogP contribution in [0.3, 0.4) is 0 Å². The predicted molar refractivity (Wildman–Crippen MR) is 125 cm³/mol. The third-order valence-electron chi connectivity index (χ3n) is 4.56. The van der Waals surface area contributed by atoms with E-state index in [-0.39, 0.29) is 11.8 Å². The zero-order valence-corrected chi connectivity index (χ0v) is 17.7. The highest BCUT2D eigenvalue weighted by atomic mass is 32.2. The van der Waals surface area contributed by atoms with E-state index in [2.05, 4.69) is 22.8 Å². The van der Waals surface area contributed by atoms with Gasteiger partial charge in [0.05, 0.1) is 5.75 Å². The fourth-order valence-corrected chi connectivity index (χ4v) is 3.77. The van der Waals surface area contributed by atoms with E-state index in [1.165, 1.54) is 5.56 Å². The molecule has 3 rings (SSSR count). The normalized spacial score (nSPS) is 10.4. The first-order valence-corrected chi connectivity index (χ1v) is 11.2. The number of anilines is 1. The van der Waals surface area contributed by atoms with Crippen LogP contribution >= 0.6 is 11.8 Å². The van der Waals surface area contributed by atoms with Crippen molar-refractivity contribution in [3.63, 3.8) is 0 Å². The van der Waals surface area contributed by atoms with Crippen LogP contribution in [-0.2, 0) is 17.0 Å². The lowest BCUT2D eigenvalue weighted by Gasteiger charge is -2.07. The molecule has 0 aliphatic rings. The maximum Gasteiger partial charge on any atom is 0.255 e. The minimum absolute atomic E-state index is 0.0620. The average Bonchev–Trinajstić information content (AvgIpc) is 2.78. The molecular weight excluding hydrogens is 392 g/mol. The van der Waals surface area contributed by atoms with Gasteiger partial charge in [0.25, 0.3) is 5.91 Å². The molecule has 0 aliphatic heterocycles. The molecule has 0 unspecified atom stereocenters. The second-order valence-electron chi connectivity index (χ2n) is 6.95. The van der Waals surface area contributed by atoms with Crippen LogP contribution in [0.4, 0.5) is 5.69 Å². The maximum atomic E-state index is 12.3. The zero-order chi connectivity index (χ0) is 21.0. The molecule has 30 heavy (non-hydrogen) atoms. The predicted octanol–water partition coefficient (Wildman–Crippen LogP) is 4.92. The second-order valence-corrected chi connectivity index (χ2v) is 7.93. The van der Waals surface area contributed by atoms with Gasteiger partial charge in [-0.3, -0.25) is 9.59 Å². The molecule has 0 atom stereocenters. The molecular formula is C25H26N2O2S. The summed E-state index contributed by atoms with van der Waals surface area (Å²) < 4.78 is 0. The van der Waals surface area contributed by atoms with Gasteiger partial charge in [0.1, 0.15) is 0 Å². The highest BCUT2D eigenvalue weighted by molar-refractivity contribution is 7.99. The van der Waals surface area contributed by atoms with Gasteiger partial charge in [-0.2, -0.15) is 0 Å². The molecule has 0 saturated heterocycles. The fourth-order valence-electron chi connectivity index (χ4n) is 2.95. The Kier molecular flexibility index (Phi) is 8.54. The van der Waals surface area contributed by atoms with Gasteiger partial charge < -0.3 is 10.6 Å². The van der Waals surface area contributed by atoms with Crippen LogP contribution < -0.4 is 10.6 Å². The first kappa shape index (κ1) is 21.7. The zero-order valence-electron chi connectivity index (χ0n) is 16.8. The summed E-state index contributed by atoms with van der Waals surface area (Å²) in [7, 11) is 0. The molecule has 2 N–H and O–H groups in total. The maximum absolute atomic E-state index is 12.3. The van der Waals surface area contributed by atoms with Gasteiger partial charge in [0.15, 0.2) is 0 Å². The number of benzene rings is 3. The van der Waals surface area contributed by atoms with Crippen molar-refractivity contribution in [1.82, 2.24) is 5.32 Å². The molecule has 0 fully saturated rings. The van der Waals surface area contributed by atoms with E-state index in [4.69, 9.17) is 0 Å². The largest absolute Gasteiger partial charge is 0.355 e. The van der Waals surface area contributed by atoms with E-state index in [0.717, 1.165) is 29.8 Å². The number of para-hydroxylation sites is 1. The molecule has 0 aromatic heterocycles. The van der Waals surface area contributed by atoms with Crippen LogP contribution in [0.2, 0.25) is 0 Å². The molecule has 0 aliphatic carbocycles. The Morgan fingerprint density at radius 1 is 0.767 bits per heavy atom. The average molecular weight is 419 g/mol. The van der Waals surface area contributed by atoms with E-state index < -0.39 is 0 Å². The molecule has 2 amide bonds. The van der Waals surface area contributed by atoms with Crippen LogP contribution in [0.1, 0.15) is 27.9 Å². The van der Waals surface area contributed by atoms with Crippen molar-refractivity contribution in [1.29, 1.82) is 0 Å². The summed E-state index contributed by atoms with van der Waals surface area (Å²) in [6, 6.07) is 27.2. The Hall–Kier alpha value is -3.05. The lowest BCUT2D eigenvalue weighted by molar-refractivity contribution is -0.118. The minimum atomic E-state index is -0.129. The molecule has 0 saturated carbocycles. The fraction of sp³-hybridized carbons (Fsp3) is 0.200. The highest BCUT2D eigenvalue weighted by Gasteiger charge is 2.06. The van der Waals surface area contributed by atoms with Crippen molar-refractivity contribution < 1.29 is 9.59 Å². The standard InChI is InChI=1S/C25H26N2O2S/c28-24(26-17-7-10-20-8-3-1-4-9-20)19-30-18-21-13-15-22(16-14-21)25(29)27-23-11-5-2-6-12-23/h1-6,8-9,11-16H,7,10,17-19H2,(H,26,28)(H,27,29). The Balaban J connectivity index is 1.32. The summed E-state index contributed by atoms with van der Waals surface area (Å²) in [5.41, 5.74) is 3.77. The number of carbonyl (C=O) groups excluding carboxylic acids is 2. The van der Waals surface area contributed by atoms with Gasteiger partial charge >= 0.3 is 0 Å². The third-order valence-corrected chi connectivity index (χ3v) is 5.56. The minimum Gasteiger partial charge on any atom is -0.355 e. The van der Waals surface area contributed by atoms with E-state index in [9.17, 15) is 9.59 Å².